The molecule has 0 fully saturated rings. The summed E-state index contributed by atoms with van der Waals surface area (Å²) in [4.78, 5) is 4.93. The molecule has 2 aliphatic rings. The minimum Gasteiger partial charge on any atom is -0.509 e. The van der Waals surface area contributed by atoms with E-state index in [1.54, 1.807) is 18.3 Å². The van der Waals surface area contributed by atoms with Gasteiger partial charge in [0.05, 0.1) is 11.0 Å². The molecule has 0 unspecified atom stereocenters. The molecule has 1 aliphatic carbocycles. The van der Waals surface area contributed by atoms with Crippen molar-refractivity contribution in [3.8, 4) is 28.4 Å². The third-order valence-electron chi connectivity index (χ3n) is 13.4. The normalized spacial score (nSPS) is 15.5. The van der Waals surface area contributed by atoms with Crippen LogP contribution in [0.2, 0.25) is 0 Å². The summed E-state index contributed by atoms with van der Waals surface area (Å²) in [5.74, 6) is -0.986. The Hall–Kier alpha value is -6.64. The van der Waals surface area contributed by atoms with Crippen molar-refractivity contribution in [2.45, 2.75) is 104 Å². The summed E-state index contributed by atoms with van der Waals surface area (Å²) in [7, 11) is 0. The van der Waals surface area contributed by atoms with Crippen LogP contribution in [0.4, 0.5) is 22.7 Å². The zero-order chi connectivity index (χ0) is 56.0. The zero-order valence-corrected chi connectivity index (χ0v) is 43.7. The van der Waals surface area contributed by atoms with Crippen LogP contribution in [0, 0.1) is 12.1 Å². The second kappa shape index (κ2) is 17.3. The van der Waals surface area contributed by atoms with E-state index in [2.05, 4.69) is 103 Å². The van der Waals surface area contributed by atoms with E-state index in [-0.39, 0.29) is 77.4 Å². The van der Waals surface area contributed by atoms with Crippen LogP contribution in [0.3, 0.4) is 0 Å². The first kappa shape index (κ1) is 37.2. The fourth-order valence-electron chi connectivity index (χ4n) is 9.75. The van der Waals surface area contributed by atoms with Gasteiger partial charge in [-0.05, 0) is 89.2 Å². The Morgan fingerprint density at radius 3 is 1.97 bits per heavy atom. The van der Waals surface area contributed by atoms with Crippen molar-refractivity contribution in [3.63, 3.8) is 0 Å². The first-order valence-corrected chi connectivity index (χ1v) is 23.6. The van der Waals surface area contributed by atoms with Gasteiger partial charge >= 0.3 is 32.8 Å². The molecule has 0 radical (unpaired) electrons. The van der Waals surface area contributed by atoms with Gasteiger partial charge in [-0.2, -0.15) is 6.07 Å². The molecule has 350 valence electrons. The molecule has 1 aliphatic heterocycles. The van der Waals surface area contributed by atoms with E-state index in [4.69, 9.17) is 15.2 Å². The van der Waals surface area contributed by atoms with Crippen LogP contribution in [-0.4, -0.2) is 15.6 Å². The largest absolute Gasteiger partial charge is 2.00 e. The molecule has 2 aromatic heterocycles. The van der Waals surface area contributed by atoms with E-state index in [0.717, 1.165) is 39.1 Å². The number of pyridine rings is 1. The van der Waals surface area contributed by atoms with Gasteiger partial charge in [0.1, 0.15) is 11.5 Å². The van der Waals surface area contributed by atoms with Gasteiger partial charge in [0.2, 0.25) is 5.69 Å². The molecular weight excluding hydrogens is 1040 g/mol. The minimum atomic E-state index is -1.12. The number of para-hydroxylation sites is 2. The SMILES string of the molecule is [2H]c1c([2H])c([2H])c2c(c1[2H])-c1c([2H])c([2H])c([2H])c([2H])c1C2c1cc(Oc2[c-]c([N+]3=C=[N+](c4cc(C(C)(C)C)cc(C(C)(C)C)c4)c4c3cccc4C([2H])(C)C)ccc2)[c-]c2c1c1ccccc1n2-c1cc(C(C)(C)C)ccn1.[Pt+2]. The van der Waals surface area contributed by atoms with E-state index in [9.17, 15) is 6.85 Å². The van der Waals surface area contributed by atoms with Gasteiger partial charge in [-0.25, -0.2) is 4.98 Å². The van der Waals surface area contributed by atoms with Crippen molar-refractivity contribution in [1.29, 1.82) is 0 Å². The molecule has 6 heteroatoms. The summed E-state index contributed by atoms with van der Waals surface area (Å²) in [5, 5.41) is 1.40. The number of hydrogen-bond acceptors (Lipinski definition) is 2. The maximum absolute atomic E-state index is 9.50. The molecule has 7 aromatic carbocycles. The predicted octanol–water partition coefficient (Wildman–Crippen LogP) is 16.6. The van der Waals surface area contributed by atoms with Crippen LogP contribution < -0.4 is 13.9 Å². The third-order valence-corrected chi connectivity index (χ3v) is 13.4. The summed E-state index contributed by atoms with van der Waals surface area (Å²) >= 11 is 0. The quantitative estimate of drug-likeness (QED) is 0.118. The summed E-state index contributed by atoms with van der Waals surface area (Å²) in [6.07, 6.45) is 1.78. The van der Waals surface area contributed by atoms with Crippen molar-refractivity contribution in [2.24, 2.45) is 0 Å². The average Bonchev–Trinajstić information content (AvgIpc) is 4.21. The van der Waals surface area contributed by atoms with Gasteiger partial charge < -0.3 is 9.30 Å². The Bertz CT molecular complexity index is 4050. The van der Waals surface area contributed by atoms with Crippen LogP contribution in [-0.2, 0) is 37.3 Å². The molecule has 0 saturated carbocycles. The number of rotatable bonds is 7. The van der Waals surface area contributed by atoms with Gasteiger partial charge in [0, 0.05) is 54.3 Å². The van der Waals surface area contributed by atoms with E-state index < -0.39 is 48.1 Å². The molecule has 11 rings (SSSR count). The average molecular weight is 1110 g/mol. The van der Waals surface area contributed by atoms with Crippen LogP contribution in [0.5, 0.6) is 11.5 Å². The van der Waals surface area contributed by atoms with Crippen molar-refractivity contribution in [1.82, 2.24) is 18.7 Å². The Morgan fingerprint density at radius 2 is 1.31 bits per heavy atom. The molecule has 3 heterocycles. The van der Waals surface area contributed by atoms with Gasteiger partial charge in [0.15, 0.2) is 0 Å². The molecule has 0 atom stereocenters. The Balaban J connectivity index is 0.00000704. The standard InChI is InChI=1S/C64H60N4O.Pt/c1-40(2)48-27-19-29-56-61(48)67(45-33-42(63(6,7)8)32-43(34-45)64(9,10)11)39-66(56)44-20-18-21-46(36-44)69-47-37-54(59-51-24-14-12-22-49(51)50-23-13-15-25-52(50)59)60-53-26-16-17-28-55(53)68(57(60)38-47)58-35-41(30-31-65-58)62(3,4)5;/h12-35,37,40,59H,1-11H3;/q;+2/i12D,13D,14D,15D,22D,23D,24D,25D,40D;. The van der Waals surface area contributed by atoms with Gasteiger partial charge in [-0.3, -0.25) is 0 Å². The molecule has 0 spiro atoms. The monoisotopic (exact) mass is 1100 g/mol. The van der Waals surface area contributed by atoms with Crippen molar-refractivity contribution in [2.75, 3.05) is 0 Å². The van der Waals surface area contributed by atoms with E-state index in [1.165, 1.54) is 11.1 Å². The topological polar surface area (TPSA) is 33.1 Å². The van der Waals surface area contributed by atoms with Crippen molar-refractivity contribution < 1.29 is 38.1 Å². The molecule has 9 aromatic rings. The number of hydrogen-bond donors (Lipinski definition) is 0. The molecule has 0 amide bonds. The Morgan fingerprint density at radius 1 is 0.671 bits per heavy atom. The van der Waals surface area contributed by atoms with Crippen molar-refractivity contribution in [3.05, 3.63) is 203 Å². The number of fused-ring (bicyclic) bond motifs is 7. The number of nitrogens with zero attached hydrogens (tertiary/aromatic N) is 4. The Labute approximate surface area is 440 Å². The molecule has 0 bridgehead atoms. The first-order chi connectivity index (χ1) is 36.6. The first-order valence-electron chi connectivity index (χ1n) is 28.1. The van der Waals surface area contributed by atoms with Gasteiger partial charge in [-0.15, -0.1) is 23.8 Å². The van der Waals surface area contributed by atoms with E-state index in [0.29, 0.717) is 33.7 Å². The second-order valence-electron chi connectivity index (χ2n) is 21.5. The number of aromatic nitrogens is 2. The number of benzene rings is 7. The summed E-state index contributed by atoms with van der Waals surface area (Å²) in [6.45, 7) is 23.4. The van der Waals surface area contributed by atoms with Crippen molar-refractivity contribution >= 4 is 50.6 Å². The smallest absolute Gasteiger partial charge is 0.509 e. The second-order valence-corrected chi connectivity index (χ2v) is 21.5. The maximum atomic E-state index is 9.50. The van der Waals surface area contributed by atoms with E-state index >= 15 is 0 Å². The summed E-state index contributed by atoms with van der Waals surface area (Å²) < 4.78 is 95.3. The maximum Gasteiger partial charge on any atom is 2.00 e. The minimum absolute atomic E-state index is 0. The third kappa shape index (κ3) is 8.08. The predicted molar refractivity (Wildman–Crippen MR) is 287 cm³/mol. The van der Waals surface area contributed by atoms with E-state index in [1.807, 2.05) is 89.7 Å². The molecule has 0 saturated heterocycles. The number of ether oxygens (including phenoxy) is 1. The Kier molecular flexibility index (Phi) is 9.22. The summed E-state index contributed by atoms with van der Waals surface area (Å²) in [6, 6.07) is 39.3. The van der Waals surface area contributed by atoms with Crippen LogP contribution in [0.1, 0.15) is 139 Å². The van der Waals surface area contributed by atoms with Gasteiger partial charge in [0.25, 0.3) is 5.69 Å². The summed E-state index contributed by atoms with van der Waals surface area (Å²) in [5.41, 5.74) is 8.90. The molecule has 5 nitrogen and oxygen atoms in total. The molecule has 70 heavy (non-hydrogen) atoms. The molecule has 0 N–H and O–H groups in total. The van der Waals surface area contributed by atoms with Crippen LogP contribution in [0.25, 0.3) is 38.8 Å². The fraction of sp³-hybridized carbons (Fsp3) is 0.250. The fourth-order valence-corrected chi connectivity index (χ4v) is 9.75. The van der Waals surface area contributed by atoms with Crippen LogP contribution >= 0.6 is 0 Å². The van der Waals surface area contributed by atoms with Crippen LogP contribution in [0.15, 0.2) is 152 Å². The molecular formula is C64H60N4OPt+2. The van der Waals surface area contributed by atoms with Gasteiger partial charge in [-0.1, -0.05) is 189 Å². The zero-order valence-electron chi connectivity index (χ0n) is 50.4.